The van der Waals surface area contributed by atoms with Crippen LogP contribution in [-0.2, 0) is 47.4 Å². The van der Waals surface area contributed by atoms with E-state index in [1.165, 1.54) is 12.5 Å². The second kappa shape index (κ2) is 17.6. The lowest BCUT2D eigenvalue weighted by Gasteiger charge is -2.58. The summed E-state index contributed by atoms with van der Waals surface area (Å²) in [6, 6.07) is 0. The quantitative estimate of drug-likeness (QED) is 0.135. The number of esters is 1. The van der Waals surface area contributed by atoms with E-state index in [2.05, 4.69) is 33.8 Å². The summed E-state index contributed by atoms with van der Waals surface area (Å²) < 4.78 is 55.7. The number of aliphatic hydroxyl groups excluding tert-OH is 7. The Hall–Kier alpha value is -1.39. The number of aliphatic hydroxyl groups is 7. The van der Waals surface area contributed by atoms with Crippen LogP contribution in [0.4, 0.5) is 0 Å². The minimum Gasteiger partial charge on any atom is -0.454 e. The first-order valence-corrected chi connectivity index (χ1v) is 23.7. The van der Waals surface area contributed by atoms with Crippen LogP contribution in [0.1, 0.15) is 99.3 Å². The summed E-state index contributed by atoms with van der Waals surface area (Å²) in [6.07, 6.45) is -9.54. The molecule has 17 nitrogen and oxygen atoms in total. The predicted molar refractivity (Wildman–Crippen MR) is 218 cm³/mol. The first-order valence-electron chi connectivity index (χ1n) is 23.7. The van der Waals surface area contributed by atoms with Crippen molar-refractivity contribution in [2.75, 3.05) is 19.8 Å². The lowest BCUT2D eigenvalue weighted by atomic mass is 9.47. The van der Waals surface area contributed by atoms with Crippen LogP contribution in [0.3, 0.4) is 0 Å². The van der Waals surface area contributed by atoms with E-state index >= 15 is 0 Å². The molecule has 9 aliphatic rings. The Kier molecular flexibility index (Phi) is 13.1. The molecule has 0 radical (unpaired) electrons. The summed E-state index contributed by atoms with van der Waals surface area (Å²) in [5.74, 6) is 1.79. The molecule has 5 saturated heterocycles. The van der Waals surface area contributed by atoms with Crippen molar-refractivity contribution in [3.63, 3.8) is 0 Å². The molecular weight excluding hydrogens is 824 g/mol. The lowest BCUT2D eigenvalue weighted by Crippen LogP contribution is -2.66. The maximum atomic E-state index is 12.2. The average molecular weight is 897 g/mol. The van der Waals surface area contributed by atoms with Crippen molar-refractivity contribution in [3.05, 3.63) is 11.6 Å². The van der Waals surface area contributed by atoms with Crippen LogP contribution in [-0.4, -0.2) is 166 Å². The van der Waals surface area contributed by atoms with E-state index in [0.29, 0.717) is 48.3 Å². The van der Waals surface area contributed by atoms with Crippen LogP contribution in [0.2, 0.25) is 0 Å². The highest BCUT2D eigenvalue weighted by Crippen LogP contribution is 2.70. The molecule has 7 N–H and O–H groups in total. The van der Waals surface area contributed by atoms with E-state index in [4.69, 9.17) is 42.6 Å². The molecule has 0 bridgehead atoms. The third-order valence-corrected chi connectivity index (χ3v) is 17.6. The van der Waals surface area contributed by atoms with Crippen molar-refractivity contribution >= 4 is 5.97 Å². The standard InChI is InChI=1S/C46H72O17/c1-20-9-14-46(56-18-20)21(2)32-30(63-46)16-28-26-8-7-24-15-25(10-12-44(24,5)27(26)11-13-45(28,32)6)59-43-40(62-42-39(58-23(4)48)35(52)33(50)22(3)57-42)37(54)38(31(17-47)60-43)61-41-36(53)34(51)29(49)19-55-41/h7,20-22,25-43,47,49-54H,8-19H2,1-6H3/t20-,21+,22+,25+,26-,27+,28+,29-,30+,31-,32?,33+,34+,35-,36-,37+,38-,39-,40-,41+,42+,43-,44+,45+,46-/m1/s1. The van der Waals surface area contributed by atoms with Gasteiger partial charge in [0.15, 0.2) is 30.8 Å². The Bertz CT molecular complexity index is 1670. The molecule has 5 heterocycles. The maximum absolute atomic E-state index is 12.2. The summed E-state index contributed by atoms with van der Waals surface area (Å²) in [7, 11) is 0. The number of ether oxygens (including phenoxy) is 9. The van der Waals surface area contributed by atoms with Crippen molar-refractivity contribution in [1.29, 1.82) is 0 Å². The van der Waals surface area contributed by atoms with E-state index in [0.717, 1.165) is 58.5 Å². The number of rotatable bonds is 8. The van der Waals surface area contributed by atoms with Crippen LogP contribution in [0.15, 0.2) is 11.6 Å². The highest BCUT2D eigenvalue weighted by atomic mass is 16.8. The molecule has 1 spiro atoms. The Morgan fingerprint density at radius 1 is 0.794 bits per heavy atom. The third kappa shape index (κ3) is 7.97. The average Bonchev–Trinajstić information content (AvgIpc) is 3.70. The molecule has 9 rings (SSSR count). The van der Waals surface area contributed by atoms with Gasteiger partial charge in [-0.2, -0.15) is 0 Å². The second-order valence-corrected chi connectivity index (χ2v) is 21.2. The molecule has 25 atom stereocenters. The molecule has 358 valence electrons. The molecular formula is C46H72O17. The molecule has 4 aliphatic carbocycles. The number of carbonyl (C=O) groups excluding carboxylic acids is 1. The summed E-state index contributed by atoms with van der Waals surface area (Å²) in [5, 5.41) is 75.3. The van der Waals surface area contributed by atoms with Gasteiger partial charge in [-0.3, -0.25) is 4.79 Å². The van der Waals surface area contributed by atoms with Crippen LogP contribution in [0, 0.1) is 46.3 Å². The Balaban J connectivity index is 0.930. The summed E-state index contributed by atoms with van der Waals surface area (Å²) in [4.78, 5) is 12.2. The third-order valence-electron chi connectivity index (χ3n) is 17.6. The van der Waals surface area contributed by atoms with Gasteiger partial charge in [0.1, 0.15) is 54.9 Å². The van der Waals surface area contributed by atoms with Gasteiger partial charge in [0.05, 0.1) is 38.1 Å². The molecule has 17 heteroatoms. The lowest BCUT2D eigenvalue weighted by molar-refractivity contribution is -0.386. The zero-order valence-corrected chi connectivity index (χ0v) is 37.5. The smallest absolute Gasteiger partial charge is 0.303 e. The molecule has 0 aromatic carbocycles. The van der Waals surface area contributed by atoms with Gasteiger partial charge >= 0.3 is 5.97 Å². The predicted octanol–water partition coefficient (Wildman–Crippen LogP) is 1.42. The van der Waals surface area contributed by atoms with Crippen molar-refractivity contribution in [1.82, 2.24) is 0 Å². The molecule has 0 amide bonds. The molecule has 1 unspecified atom stereocenters. The number of carbonyl (C=O) groups is 1. The van der Waals surface area contributed by atoms with Gasteiger partial charge in [-0.25, -0.2) is 0 Å². The van der Waals surface area contributed by atoms with Crippen molar-refractivity contribution in [2.24, 2.45) is 46.3 Å². The molecule has 5 aliphatic heterocycles. The fourth-order valence-corrected chi connectivity index (χ4v) is 14.1. The summed E-state index contributed by atoms with van der Waals surface area (Å²) in [5.41, 5.74) is 1.49. The van der Waals surface area contributed by atoms with Crippen LogP contribution >= 0.6 is 0 Å². The minimum absolute atomic E-state index is 0.0349. The molecule has 0 aromatic heterocycles. The highest BCUT2D eigenvalue weighted by Gasteiger charge is 2.69. The number of hydrogen-bond acceptors (Lipinski definition) is 17. The van der Waals surface area contributed by atoms with Crippen LogP contribution < -0.4 is 0 Å². The Morgan fingerprint density at radius 3 is 2.25 bits per heavy atom. The van der Waals surface area contributed by atoms with Crippen LogP contribution in [0.25, 0.3) is 0 Å². The summed E-state index contributed by atoms with van der Waals surface area (Å²) >= 11 is 0. The zero-order valence-electron chi connectivity index (χ0n) is 37.5. The molecule has 3 saturated carbocycles. The normalized spacial score (nSPS) is 55.6. The van der Waals surface area contributed by atoms with Gasteiger partial charge in [-0.15, -0.1) is 0 Å². The molecule has 8 fully saturated rings. The molecule has 63 heavy (non-hydrogen) atoms. The van der Waals surface area contributed by atoms with Gasteiger partial charge in [0.2, 0.25) is 0 Å². The van der Waals surface area contributed by atoms with Crippen molar-refractivity contribution < 1.29 is 83.2 Å². The highest BCUT2D eigenvalue weighted by molar-refractivity contribution is 5.66. The fourth-order valence-electron chi connectivity index (χ4n) is 14.1. The fraction of sp³-hybridized carbons (Fsp3) is 0.935. The van der Waals surface area contributed by atoms with Gasteiger partial charge in [0, 0.05) is 19.3 Å². The topological polar surface area (TPSA) is 242 Å². The zero-order chi connectivity index (χ0) is 44.9. The van der Waals surface area contributed by atoms with Gasteiger partial charge in [-0.05, 0) is 98.7 Å². The Morgan fingerprint density at radius 2 is 1.54 bits per heavy atom. The number of hydrogen-bond donors (Lipinski definition) is 7. The van der Waals surface area contributed by atoms with Gasteiger partial charge in [0.25, 0.3) is 0 Å². The Labute approximate surface area is 369 Å². The second-order valence-electron chi connectivity index (χ2n) is 21.2. The molecule has 0 aromatic rings. The first kappa shape index (κ1) is 46.7. The van der Waals surface area contributed by atoms with Crippen molar-refractivity contribution in [2.45, 2.75) is 203 Å². The monoisotopic (exact) mass is 896 g/mol. The van der Waals surface area contributed by atoms with Gasteiger partial charge in [-0.1, -0.05) is 39.3 Å². The van der Waals surface area contributed by atoms with Gasteiger partial charge < -0.3 is 78.4 Å². The van der Waals surface area contributed by atoms with E-state index in [1.54, 1.807) is 0 Å². The summed E-state index contributed by atoms with van der Waals surface area (Å²) in [6.45, 7) is 12.0. The first-order chi connectivity index (χ1) is 29.9. The van der Waals surface area contributed by atoms with E-state index in [-0.39, 0.29) is 29.6 Å². The van der Waals surface area contributed by atoms with E-state index in [1.807, 2.05) is 0 Å². The van der Waals surface area contributed by atoms with Crippen LogP contribution in [0.5, 0.6) is 0 Å². The minimum atomic E-state index is -1.71. The van der Waals surface area contributed by atoms with E-state index < -0.39 is 104 Å². The maximum Gasteiger partial charge on any atom is 0.303 e. The number of fused-ring (bicyclic) bond motifs is 7. The number of allylic oxidation sites excluding steroid dienone is 1. The largest absolute Gasteiger partial charge is 0.454 e. The SMILES string of the molecule is CC(=O)O[C@H]1[C@H](O[C@H]2[C@H](O[C@H]3CC[C@@]4(C)C(=CC[C@@H]5[C@@H]4CC[C@]4(C)C6[C@H](C[C@@H]54)O[C@]4(CC[C@@H](C)CO4)[C@H]6C)C3)O[C@H](CO)[C@@H](O[C@@H]3OC[C@@H](O)[C@H](O)[C@H]3O)[C@@H]2O)O[C@@H](C)[C@H](O)[C@H]1O. The van der Waals surface area contributed by atoms with Crippen molar-refractivity contribution in [3.8, 4) is 0 Å². The van der Waals surface area contributed by atoms with E-state index in [9.17, 15) is 40.5 Å².